The van der Waals surface area contributed by atoms with E-state index < -0.39 is 0 Å². The van der Waals surface area contributed by atoms with Gasteiger partial charge in [-0.05, 0) is 25.0 Å². The van der Waals surface area contributed by atoms with Crippen molar-refractivity contribution < 1.29 is 4.79 Å². The van der Waals surface area contributed by atoms with Crippen LogP contribution in [0.25, 0.3) is 0 Å². The van der Waals surface area contributed by atoms with Crippen LogP contribution in [0.4, 0.5) is 0 Å². The minimum absolute atomic E-state index is 0.212. The van der Waals surface area contributed by atoms with E-state index in [1.165, 1.54) is 12.2 Å². The first-order chi connectivity index (χ1) is 8.78. The molecule has 2 unspecified atom stereocenters. The Morgan fingerprint density at radius 2 is 2.17 bits per heavy atom. The third-order valence-electron chi connectivity index (χ3n) is 3.73. The van der Waals surface area contributed by atoms with E-state index in [1.54, 1.807) is 0 Å². The Morgan fingerprint density at radius 1 is 1.39 bits per heavy atom. The van der Waals surface area contributed by atoms with E-state index in [0.717, 1.165) is 44.3 Å². The van der Waals surface area contributed by atoms with Crippen molar-refractivity contribution in [3.63, 3.8) is 0 Å². The Bertz CT molecular complexity index is 269. The molecule has 0 spiro atoms. The average molecular weight is 271 g/mol. The predicted octanol–water partition coefficient (Wildman–Crippen LogP) is 0.682. The molecule has 104 valence electrons. The van der Waals surface area contributed by atoms with E-state index in [0.29, 0.717) is 12.6 Å². The number of nitrogens with one attached hydrogen (secondary N) is 2. The normalized spacial score (nSPS) is 29.4. The van der Waals surface area contributed by atoms with Crippen LogP contribution in [-0.4, -0.2) is 60.6 Å². The summed E-state index contributed by atoms with van der Waals surface area (Å²) >= 11 is 2.04. The largest absolute Gasteiger partial charge is 0.352 e. The summed E-state index contributed by atoms with van der Waals surface area (Å²) in [6, 6.07) is 0.421. The number of carbonyl (C=O) groups is 1. The summed E-state index contributed by atoms with van der Waals surface area (Å²) in [6.07, 6.45) is 3.58. The van der Waals surface area contributed by atoms with Gasteiger partial charge in [-0.15, -0.1) is 0 Å². The Balaban J connectivity index is 1.65. The van der Waals surface area contributed by atoms with Gasteiger partial charge < -0.3 is 10.6 Å². The van der Waals surface area contributed by atoms with Crippen LogP contribution in [0.3, 0.4) is 0 Å². The second-order valence-electron chi connectivity index (χ2n) is 5.18. The minimum Gasteiger partial charge on any atom is -0.352 e. The molecule has 2 N–H and O–H groups in total. The number of thioether (sulfide) groups is 1. The lowest BCUT2D eigenvalue weighted by atomic mass is 10.2. The quantitative estimate of drug-likeness (QED) is 0.772. The summed E-state index contributed by atoms with van der Waals surface area (Å²) in [5.74, 6) is 1.40. The number of carbonyl (C=O) groups excluding carboxylic acids is 1. The lowest BCUT2D eigenvalue weighted by molar-refractivity contribution is -0.123. The van der Waals surface area contributed by atoms with Crippen LogP contribution in [-0.2, 0) is 4.79 Å². The molecule has 0 bridgehead atoms. The molecule has 1 saturated carbocycles. The molecule has 4 nitrogen and oxygen atoms in total. The molecule has 1 heterocycles. The smallest absolute Gasteiger partial charge is 0.234 e. The summed E-state index contributed by atoms with van der Waals surface area (Å²) in [5, 5.41) is 7.27. The van der Waals surface area contributed by atoms with E-state index >= 15 is 0 Å². The van der Waals surface area contributed by atoms with Crippen LogP contribution in [0.2, 0.25) is 0 Å². The van der Waals surface area contributed by atoms with Crippen molar-refractivity contribution in [1.29, 1.82) is 0 Å². The van der Waals surface area contributed by atoms with Gasteiger partial charge in [-0.25, -0.2) is 0 Å². The highest BCUT2D eigenvalue weighted by atomic mass is 32.2. The highest BCUT2D eigenvalue weighted by Gasteiger charge is 2.26. The first-order valence-electron chi connectivity index (χ1n) is 7.12. The van der Waals surface area contributed by atoms with E-state index in [4.69, 9.17) is 0 Å². The highest BCUT2D eigenvalue weighted by Crippen LogP contribution is 2.29. The lowest BCUT2D eigenvalue weighted by Gasteiger charge is -2.27. The summed E-state index contributed by atoms with van der Waals surface area (Å²) in [4.78, 5) is 14.2. The second-order valence-corrected chi connectivity index (χ2v) is 6.76. The Morgan fingerprint density at radius 3 is 2.89 bits per heavy atom. The number of rotatable bonds is 5. The fraction of sp³-hybridized carbons (Fsp3) is 0.923. The van der Waals surface area contributed by atoms with E-state index in [9.17, 15) is 4.79 Å². The molecule has 1 aliphatic carbocycles. The molecular weight excluding hydrogens is 246 g/mol. The van der Waals surface area contributed by atoms with Crippen LogP contribution in [0.1, 0.15) is 26.2 Å². The zero-order valence-electron chi connectivity index (χ0n) is 11.3. The molecule has 2 aliphatic rings. The molecule has 0 radical (unpaired) electrons. The van der Waals surface area contributed by atoms with Crippen LogP contribution >= 0.6 is 11.8 Å². The Labute approximate surface area is 114 Å². The van der Waals surface area contributed by atoms with Crippen LogP contribution in [0, 0.1) is 0 Å². The van der Waals surface area contributed by atoms with Gasteiger partial charge in [-0.3, -0.25) is 9.69 Å². The predicted molar refractivity (Wildman–Crippen MR) is 77.0 cm³/mol. The molecule has 0 aromatic carbocycles. The SMILES string of the molecule is CCSC1CCC(NC(=O)CN2CCNCC2)C1. The molecule has 2 fully saturated rings. The standard InChI is InChI=1S/C13H25N3OS/c1-2-18-12-4-3-11(9-12)15-13(17)10-16-7-5-14-6-8-16/h11-12,14H,2-10H2,1H3,(H,15,17). The zero-order valence-corrected chi connectivity index (χ0v) is 12.1. The highest BCUT2D eigenvalue weighted by molar-refractivity contribution is 7.99. The molecule has 0 aromatic rings. The molecule has 1 saturated heterocycles. The molecule has 0 aromatic heterocycles. The summed E-state index contributed by atoms with van der Waals surface area (Å²) < 4.78 is 0. The van der Waals surface area contributed by atoms with E-state index in [1.807, 2.05) is 11.8 Å². The number of amides is 1. The Hall–Kier alpha value is -0.260. The molecule has 1 aliphatic heterocycles. The maximum Gasteiger partial charge on any atom is 0.234 e. The topological polar surface area (TPSA) is 44.4 Å². The average Bonchev–Trinajstić information content (AvgIpc) is 2.78. The van der Waals surface area contributed by atoms with Gasteiger partial charge in [0.25, 0.3) is 0 Å². The Kier molecular flexibility index (Phi) is 5.79. The second kappa shape index (κ2) is 7.36. The van der Waals surface area contributed by atoms with Gasteiger partial charge in [0.1, 0.15) is 0 Å². The molecule has 1 amide bonds. The fourth-order valence-corrected chi connectivity index (χ4v) is 3.95. The first-order valence-corrected chi connectivity index (χ1v) is 8.17. The molecule has 2 atom stereocenters. The number of piperazine rings is 1. The number of nitrogens with zero attached hydrogens (tertiary/aromatic N) is 1. The van der Waals surface area contributed by atoms with Crippen molar-refractivity contribution in [3.8, 4) is 0 Å². The maximum atomic E-state index is 12.0. The van der Waals surface area contributed by atoms with E-state index in [-0.39, 0.29) is 5.91 Å². The van der Waals surface area contributed by atoms with Crippen LogP contribution < -0.4 is 10.6 Å². The van der Waals surface area contributed by atoms with Gasteiger partial charge in [0.15, 0.2) is 0 Å². The van der Waals surface area contributed by atoms with Crippen molar-refractivity contribution in [2.24, 2.45) is 0 Å². The lowest BCUT2D eigenvalue weighted by Crippen LogP contribution is -2.48. The molecule has 18 heavy (non-hydrogen) atoms. The molecular formula is C13H25N3OS. The van der Waals surface area contributed by atoms with Gasteiger partial charge in [0, 0.05) is 37.5 Å². The number of hydrogen-bond acceptors (Lipinski definition) is 4. The maximum absolute atomic E-state index is 12.0. The van der Waals surface area contributed by atoms with Crippen molar-refractivity contribution in [1.82, 2.24) is 15.5 Å². The summed E-state index contributed by atoms with van der Waals surface area (Å²) in [7, 11) is 0. The van der Waals surface area contributed by atoms with Crippen LogP contribution in [0.15, 0.2) is 0 Å². The first kappa shape index (κ1) is 14.2. The van der Waals surface area contributed by atoms with Gasteiger partial charge >= 0.3 is 0 Å². The van der Waals surface area contributed by atoms with Gasteiger partial charge in [0.2, 0.25) is 5.91 Å². The molecule has 2 rings (SSSR count). The van der Waals surface area contributed by atoms with Crippen molar-refractivity contribution in [3.05, 3.63) is 0 Å². The minimum atomic E-state index is 0.212. The number of hydrogen-bond donors (Lipinski definition) is 2. The van der Waals surface area contributed by atoms with Crippen molar-refractivity contribution in [2.45, 2.75) is 37.5 Å². The monoisotopic (exact) mass is 271 g/mol. The molecule has 5 heteroatoms. The van der Waals surface area contributed by atoms with Gasteiger partial charge in [0.05, 0.1) is 6.54 Å². The van der Waals surface area contributed by atoms with Crippen molar-refractivity contribution >= 4 is 17.7 Å². The summed E-state index contributed by atoms with van der Waals surface area (Å²) in [5.41, 5.74) is 0. The van der Waals surface area contributed by atoms with Crippen molar-refractivity contribution in [2.75, 3.05) is 38.5 Å². The van der Waals surface area contributed by atoms with Crippen LogP contribution in [0.5, 0.6) is 0 Å². The van der Waals surface area contributed by atoms with Gasteiger partial charge in [-0.2, -0.15) is 11.8 Å². The van der Waals surface area contributed by atoms with Gasteiger partial charge in [-0.1, -0.05) is 6.92 Å². The third kappa shape index (κ3) is 4.44. The third-order valence-corrected chi connectivity index (χ3v) is 4.96. The van der Waals surface area contributed by atoms with E-state index in [2.05, 4.69) is 22.5 Å². The zero-order chi connectivity index (χ0) is 12.8. The fourth-order valence-electron chi connectivity index (χ4n) is 2.80. The summed E-state index contributed by atoms with van der Waals surface area (Å²) in [6.45, 7) is 6.78.